The Labute approximate surface area is 147 Å². The number of nitrogens with zero attached hydrogens (tertiary/aromatic N) is 2. The van der Waals surface area contributed by atoms with Crippen molar-refractivity contribution >= 4 is 17.0 Å². The molecule has 3 saturated carbocycles. The molecule has 1 aromatic carbocycles. The predicted molar refractivity (Wildman–Crippen MR) is 95.0 cm³/mol. The Kier molecular flexibility index (Phi) is 3.71. The second-order valence-electron chi connectivity index (χ2n) is 8.15. The Morgan fingerprint density at radius 2 is 2.08 bits per heavy atom. The number of carbonyl (C=O) groups is 1. The van der Waals surface area contributed by atoms with E-state index in [4.69, 9.17) is 4.74 Å². The molecular formula is C20H24N2O3. The van der Waals surface area contributed by atoms with Gasteiger partial charge in [-0.1, -0.05) is 32.9 Å². The topological polar surface area (TPSA) is 61.2 Å². The van der Waals surface area contributed by atoms with Crippen LogP contribution >= 0.6 is 0 Å². The van der Waals surface area contributed by atoms with Gasteiger partial charge in [-0.15, -0.1) is 0 Å². The van der Waals surface area contributed by atoms with Gasteiger partial charge in [-0.25, -0.2) is 4.98 Å². The number of para-hydroxylation sites is 2. The van der Waals surface area contributed by atoms with Gasteiger partial charge in [0, 0.05) is 0 Å². The number of fused-ring (bicyclic) bond motifs is 3. The van der Waals surface area contributed by atoms with Crippen molar-refractivity contribution in [1.82, 2.24) is 9.55 Å². The van der Waals surface area contributed by atoms with E-state index in [2.05, 4.69) is 25.8 Å². The third-order valence-corrected chi connectivity index (χ3v) is 6.61. The second kappa shape index (κ2) is 5.68. The van der Waals surface area contributed by atoms with Crippen molar-refractivity contribution in [2.75, 3.05) is 0 Å². The van der Waals surface area contributed by atoms with E-state index in [-0.39, 0.29) is 24.2 Å². The first-order valence-corrected chi connectivity index (χ1v) is 9.02. The quantitative estimate of drug-likeness (QED) is 0.806. The monoisotopic (exact) mass is 340 g/mol. The zero-order chi connectivity index (χ0) is 17.8. The van der Waals surface area contributed by atoms with Crippen molar-refractivity contribution in [3.05, 3.63) is 40.8 Å². The summed E-state index contributed by atoms with van der Waals surface area (Å²) in [5.41, 5.74) is 1.44. The van der Waals surface area contributed by atoms with Crippen LogP contribution in [0.3, 0.4) is 0 Å². The molecule has 3 aliphatic carbocycles. The van der Waals surface area contributed by atoms with Crippen LogP contribution in [0.2, 0.25) is 0 Å². The summed E-state index contributed by atoms with van der Waals surface area (Å²) in [5.74, 6) is 1.29. The third-order valence-electron chi connectivity index (χ3n) is 6.61. The summed E-state index contributed by atoms with van der Waals surface area (Å²) in [4.78, 5) is 28.8. The van der Waals surface area contributed by atoms with Crippen molar-refractivity contribution in [1.29, 1.82) is 0 Å². The Bertz CT molecular complexity index is 886. The summed E-state index contributed by atoms with van der Waals surface area (Å²) < 4.78 is 7.23. The highest BCUT2D eigenvalue weighted by molar-refractivity contribution is 5.77. The molecule has 0 saturated heterocycles. The van der Waals surface area contributed by atoms with Crippen molar-refractivity contribution < 1.29 is 9.53 Å². The molecule has 132 valence electrons. The van der Waals surface area contributed by atoms with Gasteiger partial charge in [0.1, 0.15) is 12.6 Å². The van der Waals surface area contributed by atoms with Crippen LogP contribution in [0.1, 0.15) is 33.6 Å². The van der Waals surface area contributed by atoms with Crippen LogP contribution < -0.4 is 5.56 Å². The number of esters is 1. The lowest BCUT2D eigenvalue weighted by molar-refractivity contribution is -0.186. The van der Waals surface area contributed by atoms with Gasteiger partial charge >= 0.3 is 5.97 Å². The molecule has 5 nitrogen and oxygen atoms in total. The van der Waals surface area contributed by atoms with E-state index in [1.54, 1.807) is 6.07 Å². The fraction of sp³-hybridized carbons (Fsp3) is 0.550. The molecule has 5 rings (SSSR count). The number of hydrogen-bond acceptors (Lipinski definition) is 4. The number of carbonyl (C=O) groups excluding carboxylic acids is 1. The molecule has 0 aliphatic heterocycles. The highest BCUT2D eigenvalue weighted by Gasteiger charge is 2.57. The average Bonchev–Trinajstić information content (AvgIpc) is 2.58. The van der Waals surface area contributed by atoms with Gasteiger partial charge in [-0.05, 0) is 48.1 Å². The van der Waals surface area contributed by atoms with E-state index in [9.17, 15) is 9.59 Å². The maximum atomic E-state index is 12.5. The molecule has 2 aromatic rings. The maximum Gasteiger partial charge on any atom is 0.326 e. The lowest BCUT2D eigenvalue weighted by atomic mass is 9.45. The van der Waals surface area contributed by atoms with Crippen LogP contribution in [-0.4, -0.2) is 21.6 Å². The van der Waals surface area contributed by atoms with Gasteiger partial charge in [-0.2, -0.15) is 0 Å². The molecule has 4 unspecified atom stereocenters. The van der Waals surface area contributed by atoms with Gasteiger partial charge in [-0.3, -0.25) is 14.2 Å². The summed E-state index contributed by atoms with van der Waals surface area (Å²) in [5, 5.41) is 0. The number of aromatic nitrogens is 2. The summed E-state index contributed by atoms with van der Waals surface area (Å²) in [6, 6.07) is 7.33. The molecule has 5 heteroatoms. The lowest BCUT2D eigenvalue weighted by Crippen LogP contribution is -2.57. The molecule has 0 radical (unpaired) electrons. The van der Waals surface area contributed by atoms with Crippen LogP contribution in [0, 0.1) is 23.2 Å². The maximum absolute atomic E-state index is 12.5. The molecule has 3 aliphatic rings. The van der Waals surface area contributed by atoms with Gasteiger partial charge < -0.3 is 4.74 Å². The number of ether oxygens (including phenoxy) is 1. The average molecular weight is 340 g/mol. The Hall–Kier alpha value is -2.17. The SMILES string of the molecule is CC1C(OC(=O)Cn2c(=O)cnc3ccccc32)CC2CC1C2(C)C. The van der Waals surface area contributed by atoms with Crippen molar-refractivity contribution in [3.63, 3.8) is 0 Å². The first kappa shape index (κ1) is 16.3. The van der Waals surface area contributed by atoms with Crippen LogP contribution in [0.15, 0.2) is 35.3 Å². The number of benzene rings is 1. The van der Waals surface area contributed by atoms with E-state index in [1.807, 2.05) is 18.2 Å². The molecular weight excluding hydrogens is 316 g/mol. The van der Waals surface area contributed by atoms with E-state index in [0.717, 1.165) is 6.42 Å². The minimum atomic E-state index is -0.339. The first-order chi connectivity index (χ1) is 11.9. The van der Waals surface area contributed by atoms with Crippen LogP contribution in [0.5, 0.6) is 0 Å². The summed E-state index contributed by atoms with van der Waals surface area (Å²) in [7, 11) is 0. The van der Waals surface area contributed by atoms with Crippen molar-refractivity contribution in [2.24, 2.45) is 23.2 Å². The smallest absolute Gasteiger partial charge is 0.326 e. The van der Waals surface area contributed by atoms with Gasteiger partial charge in [0.25, 0.3) is 5.56 Å². The van der Waals surface area contributed by atoms with Crippen molar-refractivity contribution in [2.45, 2.75) is 46.3 Å². The fourth-order valence-corrected chi connectivity index (χ4v) is 4.87. The van der Waals surface area contributed by atoms with E-state index >= 15 is 0 Å². The molecule has 0 spiro atoms. The number of hydrogen-bond donors (Lipinski definition) is 0. The molecule has 0 amide bonds. The molecule has 4 atom stereocenters. The lowest BCUT2D eigenvalue weighted by Gasteiger charge is -2.61. The third kappa shape index (κ3) is 2.57. The normalized spacial score (nSPS) is 29.9. The van der Waals surface area contributed by atoms with Gasteiger partial charge in [0.2, 0.25) is 0 Å². The van der Waals surface area contributed by atoms with E-state index < -0.39 is 0 Å². The Morgan fingerprint density at radius 3 is 2.80 bits per heavy atom. The number of rotatable bonds is 3. The van der Waals surface area contributed by atoms with E-state index in [0.29, 0.717) is 34.2 Å². The zero-order valence-corrected chi connectivity index (χ0v) is 14.9. The fourth-order valence-electron chi connectivity index (χ4n) is 4.87. The Balaban J connectivity index is 1.51. The van der Waals surface area contributed by atoms with E-state index in [1.165, 1.54) is 17.2 Å². The molecule has 1 heterocycles. The molecule has 1 aromatic heterocycles. The molecule has 2 bridgehead atoms. The van der Waals surface area contributed by atoms with Crippen molar-refractivity contribution in [3.8, 4) is 0 Å². The predicted octanol–water partition coefficient (Wildman–Crippen LogP) is 3.01. The highest BCUT2D eigenvalue weighted by atomic mass is 16.5. The molecule has 0 N–H and O–H groups in total. The summed E-state index contributed by atoms with van der Waals surface area (Å²) in [6.45, 7) is 6.77. The Morgan fingerprint density at radius 1 is 1.32 bits per heavy atom. The largest absolute Gasteiger partial charge is 0.461 e. The summed E-state index contributed by atoms with van der Waals surface area (Å²) >= 11 is 0. The van der Waals surface area contributed by atoms with Crippen LogP contribution in [0.4, 0.5) is 0 Å². The molecule has 25 heavy (non-hydrogen) atoms. The van der Waals surface area contributed by atoms with Gasteiger partial charge in [0.05, 0.1) is 17.2 Å². The first-order valence-electron chi connectivity index (χ1n) is 9.02. The van der Waals surface area contributed by atoms with Crippen LogP contribution in [0.25, 0.3) is 11.0 Å². The molecule has 3 fully saturated rings. The second-order valence-corrected chi connectivity index (χ2v) is 8.15. The standard InChI is InChI=1S/C20H24N2O3/c1-12-14-8-13(20(14,2)3)9-17(12)25-19(24)11-22-16-7-5-4-6-15(16)21-10-18(22)23/h4-7,10,12-14,17H,8-9,11H2,1-3H3. The van der Waals surface area contributed by atoms with Gasteiger partial charge in [0.15, 0.2) is 0 Å². The minimum absolute atomic E-state index is 0.0342. The summed E-state index contributed by atoms with van der Waals surface area (Å²) in [6.07, 6.45) is 3.41. The van der Waals surface area contributed by atoms with Crippen LogP contribution in [-0.2, 0) is 16.1 Å². The zero-order valence-electron chi connectivity index (χ0n) is 14.9. The highest BCUT2D eigenvalue weighted by Crippen LogP contribution is 2.61. The minimum Gasteiger partial charge on any atom is -0.461 e.